The minimum Gasteiger partial charge on any atom is -0.481 e. The van der Waals surface area contributed by atoms with Crippen LogP contribution in [0.4, 0.5) is 13.2 Å². The van der Waals surface area contributed by atoms with Gasteiger partial charge in [-0.15, -0.1) is 0 Å². The second-order valence-corrected chi connectivity index (χ2v) is 6.39. The van der Waals surface area contributed by atoms with E-state index in [0.717, 1.165) is 24.2 Å². The van der Waals surface area contributed by atoms with E-state index in [4.69, 9.17) is 0 Å². The Bertz CT molecular complexity index is 653. The smallest absolute Gasteiger partial charge is 0.410 e. The molecule has 1 amide bonds. The number of aliphatic carboxylic acids is 1. The molecule has 0 aromatic heterocycles. The number of hydrogen-bond acceptors (Lipinski definition) is 2. The van der Waals surface area contributed by atoms with E-state index in [9.17, 15) is 27.9 Å². The molecule has 1 aromatic rings. The molecule has 0 spiro atoms. The van der Waals surface area contributed by atoms with Gasteiger partial charge in [0, 0.05) is 11.6 Å². The molecule has 4 nitrogen and oxygen atoms in total. The predicted octanol–water partition coefficient (Wildman–Crippen LogP) is 3.57. The van der Waals surface area contributed by atoms with Gasteiger partial charge in [-0.3, -0.25) is 9.59 Å². The van der Waals surface area contributed by atoms with Crippen LogP contribution in [0.2, 0.25) is 0 Å². The normalized spacial score (nSPS) is 25.5. The number of halogens is 3. The van der Waals surface area contributed by atoms with Gasteiger partial charge in [0.2, 0.25) is 0 Å². The number of nitrogens with zero attached hydrogens (tertiary/aromatic N) is 1. The van der Waals surface area contributed by atoms with Gasteiger partial charge >= 0.3 is 12.1 Å². The average Bonchev–Trinajstić information content (AvgIpc) is 2.54. The zero-order chi connectivity index (χ0) is 17.5. The largest absolute Gasteiger partial charge is 0.481 e. The molecular weight excluding hydrogens is 323 g/mol. The van der Waals surface area contributed by atoms with Crippen molar-refractivity contribution in [1.82, 2.24) is 4.90 Å². The van der Waals surface area contributed by atoms with Crippen LogP contribution in [0.3, 0.4) is 0 Å². The third-order valence-corrected chi connectivity index (χ3v) is 4.95. The summed E-state index contributed by atoms with van der Waals surface area (Å²) in [6.07, 6.45) is -1.42. The molecule has 2 atom stereocenters. The molecule has 7 heteroatoms. The summed E-state index contributed by atoms with van der Waals surface area (Å²) in [6, 6.07) is 2.85. The van der Waals surface area contributed by atoms with Crippen LogP contribution < -0.4 is 0 Å². The first-order valence-electron chi connectivity index (χ1n) is 8.03. The molecule has 0 bridgehead atoms. The third-order valence-electron chi connectivity index (χ3n) is 4.95. The highest BCUT2D eigenvalue weighted by Gasteiger charge is 2.57. The first kappa shape index (κ1) is 16.8. The Kier molecular flexibility index (Phi) is 4.27. The number of rotatable bonds is 2. The maximum Gasteiger partial charge on any atom is 0.410 e. The van der Waals surface area contributed by atoms with E-state index in [1.807, 2.05) is 0 Å². The molecule has 0 saturated heterocycles. The van der Waals surface area contributed by atoms with Gasteiger partial charge in [0.15, 0.2) is 0 Å². The Labute approximate surface area is 137 Å². The first-order valence-corrected chi connectivity index (χ1v) is 8.03. The van der Waals surface area contributed by atoms with E-state index in [0.29, 0.717) is 12.8 Å². The van der Waals surface area contributed by atoms with Crippen molar-refractivity contribution in [2.45, 2.75) is 56.3 Å². The standard InChI is InChI=1S/C17H18F3NO3/c18-17(19,20)14-13(16(23)24)11-8-4-5-9-12(11)15(22)21(14)10-6-2-1-3-7-10/h4-5,8-10,13-14H,1-3,6-7H2,(H,23,24)/t13-,14-/m0/s1. The Morgan fingerprint density at radius 3 is 2.33 bits per heavy atom. The van der Waals surface area contributed by atoms with Gasteiger partial charge in [-0.25, -0.2) is 0 Å². The van der Waals surface area contributed by atoms with E-state index in [1.165, 1.54) is 18.2 Å². The third kappa shape index (κ3) is 2.76. The number of carboxylic acids is 1. The Balaban J connectivity index is 2.15. The fourth-order valence-corrected chi connectivity index (χ4v) is 3.93. The summed E-state index contributed by atoms with van der Waals surface area (Å²) >= 11 is 0. The quantitative estimate of drug-likeness (QED) is 0.895. The molecule has 1 aliphatic heterocycles. The number of fused-ring (bicyclic) bond motifs is 1. The van der Waals surface area contributed by atoms with E-state index >= 15 is 0 Å². The number of carbonyl (C=O) groups excluding carboxylic acids is 1. The fourth-order valence-electron chi connectivity index (χ4n) is 3.93. The molecule has 1 heterocycles. The van der Waals surface area contributed by atoms with E-state index in [2.05, 4.69) is 0 Å². The summed E-state index contributed by atoms with van der Waals surface area (Å²) in [7, 11) is 0. The summed E-state index contributed by atoms with van der Waals surface area (Å²) in [5, 5.41) is 9.48. The summed E-state index contributed by atoms with van der Waals surface area (Å²) in [4.78, 5) is 25.3. The predicted molar refractivity (Wildman–Crippen MR) is 79.7 cm³/mol. The SMILES string of the molecule is O=C(O)[C@H]1c2ccccc2C(=O)N(C2CCCCC2)[C@@H]1C(F)(F)F. The maximum absolute atomic E-state index is 13.8. The molecule has 1 aromatic carbocycles. The lowest BCUT2D eigenvalue weighted by atomic mass is 9.80. The molecular formula is C17H18F3NO3. The number of alkyl halides is 3. The number of hydrogen-bond donors (Lipinski definition) is 1. The first-order chi connectivity index (χ1) is 11.3. The van der Waals surface area contributed by atoms with E-state index in [1.54, 1.807) is 6.07 Å². The van der Waals surface area contributed by atoms with Crippen molar-refractivity contribution < 1.29 is 27.9 Å². The molecule has 0 radical (unpaired) electrons. The van der Waals surface area contributed by atoms with Gasteiger partial charge in [0.05, 0.1) is 0 Å². The summed E-state index contributed by atoms with van der Waals surface area (Å²) < 4.78 is 41.3. The van der Waals surface area contributed by atoms with Crippen molar-refractivity contribution in [2.24, 2.45) is 0 Å². The lowest BCUT2D eigenvalue weighted by molar-refractivity contribution is -0.196. The van der Waals surface area contributed by atoms with Crippen LogP contribution in [0.5, 0.6) is 0 Å². The van der Waals surface area contributed by atoms with Crippen LogP contribution in [-0.4, -0.2) is 40.1 Å². The van der Waals surface area contributed by atoms with Crippen LogP contribution in [-0.2, 0) is 4.79 Å². The minimum absolute atomic E-state index is 0.0515. The summed E-state index contributed by atoms with van der Waals surface area (Å²) in [5.41, 5.74) is 0.0142. The molecule has 1 fully saturated rings. The Morgan fingerprint density at radius 1 is 1.12 bits per heavy atom. The van der Waals surface area contributed by atoms with Gasteiger partial charge < -0.3 is 10.0 Å². The molecule has 130 valence electrons. The maximum atomic E-state index is 13.8. The molecule has 24 heavy (non-hydrogen) atoms. The van der Waals surface area contributed by atoms with Crippen LogP contribution in [0.1, 0.15) is 53.9 Å². The van der Waals surface area contributed by atoms with Crippen molar-refractivity contribution in [2.75, 3.05) is 0 Å². The lowest BCUT2D eigenvalue weighted by Gasteiger charge is -2.46. The molecule has 1 N–H and O–H groups in total. The van der Waals surface area contributed by atoms with E-state index < -0.39 is 36.1 Å². The molecule has 2 aliphatic rings. The lowest BCUT2D eigenvalue weighted by Crippen LogP contribution is -2.60. The van der Waals surface area contributed by atoms with Gasteiger partial charge in [0.1, 0.15) is 12.0 Å². The highest BCUT2D eigenvalue weighted by Crippen LogP contribution is 2.44. The van der Waals surface area contributed by atoms with E-state index in [-0.39, 0.29) is 11.1 Å². The number of benzene rings is 1. The number of carboxylic acid groups (broad SMARTS) is 1. The second-order valence-electron chi connectivity index (χ2n) is 6.39. The van der Waals surface area contributed by atoms with Crippen molar-refractivity contribution >= 4 is 11.9 Å². The number of carbonyl (C=O) groups is 2. The van der Waals surface area contributed by atoms with Gasteiger partial charge in [-0.05, 0) is 24.5 Å². The topological polar surface area (TPSA) is 57.6 Å². The van der Waals surface area contributed by atoms with Crippen molar-refractivity contribution in [3.63, 3.8) is 0 Å². The Hall–Kier alpha value is -2.05. The van der Waals surface area contributed by atoms with Gasteiger partial charge in [0.25, 0.3) is 5.91 Å². The molecule has 1 saturated carbocycles. The van der Waals surface area contributed by atoms with Crippen LogP contribution >= 0.6 is 0 Å². The zero-order valence-corrected chi connectivity index (χ0v) is 12.9. The van der Waals surface area contributed by atoms with Crippen LogP contribution in [0.15, 0.2) is 24.3 Å². The second kappa shape index (κ2) is 6.11. The fraction of sp³-hybridized carbons (Fsp3) is 0.529. The summed E-state index contributed by atoms with van der Waals surface area (Å²) in [5.74, 6) is -4.06. The monoisotopic (exact) mass is 341 g/mol. The highest BCUT2D eigenvalue weighted by atomic mass is 19.4. The van der Waals surface area contributed by atoms with Crippen molar-refractivity contribution in [1.29, 1.82) is 0 Å². The van der Waals surface area contributed by atoms with Crippen LogP contribution in [0, 0.1) is 0 Å². The van der Waals surface area contributed by atoms with Gasteiger partial charge in [-0.1, -0.05) is 37.5 Å². The summed E-state index contributed by atoms with van der Waals surface area (Å²) in [6.45, 7) is 0. The van der Waals surface area contributed by atoms with Crippen molar-refractivity contribution in [3.05, 3.63) is 35.4 Å². The van der Waals surface area contributed by atoms with Crippen molar-refractivity contribution in [3.8, 4) is 0 Å². The molecule has 3 rings (SSSR count). The van der Waals surface area contributed by atoms with Gasteiger partial charge in [-0.2, -0.15) is 13.2 Å². The Morgan fingerprint density at radius 2 is 1.75 bits per heavy atom. The number of amides is 1. The average molecular weight is 341 g/mol. The highest BCUT2D eigenvalue weighted by molar-refractivity contribution is 6.00. The zero-order valence-electron chi connectivity index (χ0n) is 12.9. The molecule has 0 unspecified atom stereocenters. The minimum atomic E-state index is -4.80. The van der Waals surface area contributed by atoms with Crippen LogP contribution in [0.25, 0.3) is 0 Å². The molecule has 1 aliphatic carbocycles.